The predicted octanol–water partition coefficient (Wildman–Crippen LogP) is 0.298. The fourth-order valence-corrected chi connectivity index (χ4v) is 0. The van der Waals surface area contributed by atoms with Crippen LogP contribution in [-0.4, -0.2) is 0 Å². The maximum atomic E-state index is 6.25. The van der Waals surface area contributed by atoms with Gasteiger partial charge in [-0.15, -0.1) is 0 Å². The van der Waals surface area contributed by atoms with Crippen molar-refractivity contribution in [2.45, 2.75) is 0 Å². The van der Waals surface area contributed by atoms with Crippen LogP contribution in [-0.2, 0) is 32.7 Å². The quantitative estimate of drug-likeness (QED) is 0.430. The fourth-order valence-electron chi connectivity index (χ4n) is 0. The Morgan fingerprint density at radius 2 is 1.25 bits per heavy atom. The van der Waals surface area contributed by atoms with Crippen LogP contribution in [0.25, 0.3) is 0 Å². The summed E-state index contributed by atoms with van der Waals surface area (Å²) in [7, 11) is 0. The van der Waals surface area contributed by atoms with Gasteiger partial charge < -0.3 is 19.3 Å². The van der Waals surface area contributed by atoms with Crippen molar-refractivity contribution in [1.29, 1.82) is 5.26 Å². The molecule has 19 valence electrons. The molecule has 0 atom stereocenters. The SMILES string of the molecule is [C-]#N.[CH-].[Y]. The first kappa shape index (κ1) is 23.4. The minimum Gasteiger partial charge on any atom is -0.726 e. The Hall–Kier alpha value is 0.594. The second-order valence-corrected chi connectivity index (χ2v) is 0. The molecule has 3 radical (unpaired) electrons. The summed E-state index contributed by atoms with van der Waals surface area (Å²) < 4.78 is 0. The van der Waals surface area contributed by atoms with Gasteiger partial charge >= 0.3 is 0 Å². The number of hydrogen-bond acceptors (Lipinski definition) is 1. The van der Waals surface area contributed by atoms with E-state index >= 15 is 0 Å². The third-order valence-electron chi connectivity index (χ3n) is 0. The average molecular weight is 128 g/mol. The van der Waals surface area contributed by atoms with Crippen molar-refractivity contribution in [2.24, 2.45) is 0 Å². The van der Waals surface area contributed by atoms with Gasteiger partial charge in [-0.05, 0) is 0 Å². The second kappa shape index (κ2) is 68.6. The third kappa shape index (κ3) is 18.7. The van der Waals surface area contributed by atoms with Gasteiger partial charge in [-0.25, -0.2) is 0 Å². The second-order valence-electron chi connectivity index (χ2n) is 0. The van der Waals surface area contributed by atoms with E-state index in [4.69, 9.17) is 11.8 Å². The van der Waals surface area contributed by atoms with Gasteiger partial charge in [0, 0.05) is 32.7 Å². The standard InChI is InChI=1S/CN.CH.Y/c1-2;;/h;1H;/q2*-1;. The van der Waals surface area contributed by atoms with Crippen molar-refractivity contribution in [1.82, 2.24) is 0 Å². The van der Waals surface area contributed by atoms with Crippen LogP contribution in [0.2, 0.25) is 0 Å². The Morgan fingerprint density at radius 3 is 1.25 bits per heavy atom. The molecule has 0 unspecified atom stereocenters. The molecule has 0 fully saturated rings. The molecule has 0 rings (SSSR count). The molecule has 0 aromatic rings. The van der Waals surface area contributed by atoms with Crippen LogP contribution < -0.4 is 0 Å². The summed E-state index contributed by atoms with van der Waals surface area (Å²) in [5, 5.41) is 6.25. The van der Waals surface area contributed by atoms with Crippen LogP contribution in [0.1, 0.15) is 0 Å². The molecule has 0 aromatic carbocycles. The minimum atomic E-state index is 0. The third-order valence-corrected chi connectivity index (χ3v) is 0. The zero-order chi connectivity index (χ0) is 2.00. The minimum absolute atomic E-state index is 0. The van der Waals surface area contributed by atoms with E-state index in [2.05, 4.69) is 0 Å². The molecule has 2 heteroatoms. The molecule has 0 bridgehead atoms. The van der Waals surface area contributed by atoms with Crippen LogP contribution in [0, 0.1) is 19.3 Å². The van der Waals surface area contributed by atoms with Gasteiger partial charge in [0.15, 0.2) is 0 Å². The smallest absolute Gasteiger partial charge is 0 e. The fraction of sp³-hybridized carbons (Fsp3) is 0. The molecule has 0 saturated heterocycles. The van der Waals surface area contributed by atoms with E-state index in [0.717, 1.165) is 0 Å². The normalized spacial score (nSPS) is 0.500. The molecule has 0 aliphatic heterocycles. The van der Waals surface area contributed by atoms with Gasteiger partial charge in [0.25, 0.3) is 0 Å². The van der Waals surface area contributed by atoms with E-state index in [1.807, 2.05) is 0 Å². The van der Waals surface area contributed by atoms with Gasteiger partial charge in [-0.2, -0.15) is 0 Å². The first-order chi connectivity index (χ1) is 1.00. The summed E-state index contributed by atoms with van der Waals surface area (Å²) in [6, 6.07) is 0. The van der Waals surface area contributed by atoms with E-state index < -0.39 is 0 Å². The van der Waals surface area contributed by atoms with E-state index in [9.17, 15) is 0 Å². The van der Waals surface area contributed by atoms with Crippen LogP contribution >= 0.6 is 0 Å². The van der Waals surface area contributed by atoms with Gasteiger partial charge in [0.1, 0.15) is 0 Å². The van der Waals surface area contributed by atoms with Gasteiger partial charge in [0.05, 0.1) is 0 Å². The predicted molar refractivity (Wildman–Crippen MR) is 9.27 cm³/mol. The van der Waals surface area contributed by atoms with Crippen molar-refractivity contribution >= 4 is 0 Å². The van der Waals surface area contributed by atoms with Crippen molar-refractivity contribution in [3.63, 3.8) is 0 Å². The zero-order valence-electron chi connectivity index (χ0n) is 2.10. The molecule has 0 saturated carbocycles. The molecule has 0 aliphatic rings. The van der Waals surface area contributed by atoms with E-state index in [0.29, 0.717) is 0 Å². The maximum absolute atomic E-state index is 6.25. The van der Waals surface area contributed by atoms with E-state index in [1.165, 1.54) is 0 Å². The number of rotatable bonds is 0. The Balaban J connectivity index is -0.00000000500. The molecular weight excluding hydrogens is 127 g/mol. The van der Waals surface area contributed by atoms with E-state index in [-0.39, 0.29) is 40.1 Å². The first-order valence-corrected chi connectivity index (χ1v) is 0.224. The summed E-state index contributed by atoms with van der Waals surface area (Å²) >= 11 is 0. The molecule has 4 heavy (non-hydrogen) atoms. The monoisotopic (exact) mass is 128 g/mol. The average Bonchev–Trinajstić information content (AvgIpc) is 1.00. The van der Waals surface area contributed by atoms with Gasteiger partial charge in [-0.3, -0.25) is 0 Å². The first-order valence-electron chi connectivity index (χ1n) is 0.224. The zero-order valence-corrected chi connectivity index (χ0v) is 4.94. The summed E-state index contributed by atoms with van der Waals surface area (Å²) in [5.74, 6) is 0. The number of nitrogens with zero attached hydrogens (tertiary/aromatic N) is 1. The molecule has 0 aliphatic carbocycles. The molecule has 1 nitrogen and oxygen atoms in total. The van der Waals surface area contributed by atoms with Crippen molar-refractivity contribution in [3.05, 3.63) is 14.0 Å². The Labute approximate surface area is 51.9 Å². The summed E-state index contributed by atoms with van der Waals surface area (Å²) in [5.41, 5.74) is 0. The van der Waals surface area contributed by atoms with Crippen LogP contribution in [0.5, 0.6) is 0 Å². The Kier molecular flexibility index (Phi) is 400. The topological polar surface area (TPSA) is 23.8 Å². The van der Waals surface area contributed by atoms with Crippen molar-refractivity contribution in [3.8, 4) is 0 Å². The van der Waals surface area contributed by atoms with Crippen molar-refractivity contribution in [2.75, 3.05) is 0 Å². The van der Waals surface area contributed by atoms with Crippen molar-refractivity contribution < 1.29 is 32.7 Å². The van der Waals surface area contributed by atoms with Gasteiger partial charge in [-0.1, -0.05) is 0 Å². The van der Waals surface area contributed by atoms with E-state index in [1.54, 1.807) is 0 Å². The number of hydrogen-bond donors (Lipinski definition) is 0. The van der Waals surface area contributed by atoms with Crippen LogP contribution in [0.4, 0.5) is 0 Å². The largest absolute Gasteiger partial charge is 0.726 e. The molecule has 0 spiro atoms. The summed E-state index contributed by atoms with van der Waals surface area (Å²) in [6.07, 6.45) is 0. The molecule has 0 N–H and O–H groups in total. The summed E-state index contributed by atoms with van der Waals surface area (Å²) in [6.45, 7) is 4.75. The molecule has 0 heterocycles. The molecular formula is C2HNY-2. The van der Waals surface area contributed by atoms with Crippen LogP contribution in [0.3, 0.4) is 0 Å². The Bertz CT molecular complexity index is 10.8. The molecule has 0 amide bonds. The molecule has 0 aromatic heterocycles. The van der Waals surface area contributed by atoms with Crippen LogP contribution in [0.15, 0.2) is 0 Å². The Morgan fingerprint density at radius 1 is 1.25 bits per heavy atom. The summed E-state index contributed by atoms with van der Waals surface area (Å²) in [4.78, 5) is 0. The van der Waals surface area contributed by atoms with Gasteiger partial charge in [0.2, 0.25) is 0 Å². The maximum Gasteiger partial charge on any atom is 0 e.